The molecule has 0 amide bonds. The van der Waals surface area contributed by atoms with E-state index < -0.39 is 39.2 Å². The first-order valence-electron chi connectivity index (χ1n) is 17.9. The number of phosphoric ester groups is 1. The number of ether oxygens (including phenoxy) is 2. The normalized spacial score (nSPS) is 15.4. The van der Waals surface area contributed by atoms with Crippen molar-refractivity contribution in [3.05, 3.63) is 24.3 Å². The predicted molar refractivity (Wildman–Crippen MR) is 186 cm³/mol. The van der Waals surface area contributed by atoms with Crippen LogP contribution < -0.4 is 5.73 Å². The number of unbranched alkanes of at least 4 members (excludes halogenated alkanes) is 17. The lowest BCUT2D eigenvalue weighted by molar-refractivity contribution is -0.139. The maximum absolute atomic E-state index is 11.7. The number of hydrogen-bond acceptors (Lipinski definition) is 8. The van der Waals surface area contributed by atoms with Gasteiger partial charge < -0.3 is 30.3 Å². The van der Waals surface area contributed by atoms with Gasteiger partial charge in [-0.3, -0.25) is 13.8 Å². The molecule has 11 heteroatoms. The molecule has 0 aromatic carbocycles. The average molecular weight is 678 g/mol. The van der Waals surface area contributed by atoms with Gasteiger partial charge in [-0.05, 0) is 57.8 Å². The molecule has 0 saturated heterocycles. The van der Waals surface area contributed by atoms with Crippen molar-refractivity contribution in [2.24, 2.45) is 5.73 Å². The van der Waals surface area contributed by atoms with Gasteiger partial charge in [-0.2, -0.15) is 0 Å². The minimum atomic E-state index is -4.53. The SMILES string of the molecule is CCCCCC/C=C\CCCCCCCCCCCC/C=C\CCCCC(COC[C@@H](O)COP(=O)(O)OC[C@H](N)C(=O)O)OC. The van der Waals surface area contributed by atoms with Crippen molar-refractivity contribution >= 4 is 13.8 Å². The highest BCUT2D eigenvalue weighted by atomic mass is 31.2. The summed E-state index contributed by atoms with van der Waals surface area (Å²) >= 11 is 0. The van der Waals surface area contributed by atoms with Gasteiger partial charge in [0, 0.05) is 7.11 Å². The lowest BCUT2D eigenvalue weighted by atomic mass is 10.0. The Kier molecular flexibility index (Phi) is 31.7. The largest absolute Gasteiger partial charge is 0.480 e. The van der Waals surface area contributed by atoms with E-state index in [0.717, 1.165) is 32.1 Å². The number of carbonyl (C=O) groups is 1. The summed E-state index contributed by atoms with van der Waals surface area (Å²) in [5, 5.41) is 18.6. The molecular weight excluding hydrogens is 609 g/mol. The summed E-state index contributed by atoms with van der Waals surface area (Å²) < 4.78 is 31.8. The van der Waals surface area contributed by atoms with Crippen LogP contribution >= 0.6 is 7.82 Å². The summed E-state index contributed by atoms with van der Waals surface area (Å²) in [5.74, 6) is -1.37. The monoisotopic (exact) mass is 677 g/mol. The van der Waals surface area contributed by atoms with Crippen LogP contribution in [0.1, 0.15) is 142 Å². The maximum Gasteiger partial charge on any atom is 0.472 e. The Bertz CT molecular complexity index is 796. The number of aliphatic hydroxyl groups excluding tert-OH is 1. The van der Waals surface area contributed by atoms with E-state index >= 15 is 0 Å². The zero-order valence-electron chi connectivity index (χ0n) is 29.0. The fraction of sp³-hybridized carbons (Fsp3) is 0.857. The van der Waals surface area contributed by atoms with Crippen molar-refractivity contribution < 1.29 is 43.0 Å². The van der Waals surface area contributed by atoms with Gasteiger partial charge in [0.2, 0.25) is 0 Å². The first-order chi connectivity index (χ1) is 22.2. The highest BCUT2D eigenvalue weighted by Crippen LogP contribution is 2.43. The zero-order valence-corrected chi connectivity index (χ0v) is 29.9. The second-order valence-electron chi connectivity index (χ2n) is 12.2. The van der Waals surface area contributed by atoms with Crippen LogP contribution in [-0.4, -0.2) is 72.9 Å². The van der Waals surface area contributed by atoms with E-state index in [0.29, 0.717) is 0 Å². The van der Waals surface area contributed by atoms with E-state index in [4.69, 9.17) is 20.3 Å². The van der Waals surface area contributed by atoms with E-state index in [1.165, 1.54) is 103 Å². The van der Waals surface area contributed by atoms with Crippen LogP contribution in [0.15, 0.2) is 24.3 Å². The molecule has 46 heavy (non-hydrogen) atoms. The molecule has 0 aromatic rings. The number of carboxylic acids is 1. The lowest BCUT2D eigenvalue weighted by Crippen LogP contribution is -2.34. The Labute approximate surface area is 280 Å². The van der Waals surface area contributed by atoms with Crippen LogP contribution in [0.5, 0.6) is 0 Å². The molecule has 0 heterocycles. The Morgan fingerprint density at radius 3 is 1.59 bits per heavy atom. The second kappa shape index (κ2) is 32.4. The molecule has 2 unspecified atom stereocenters. The minimum Gasteiger partial charge on any atom is -0.480 e. The quantitative estimate of drug-likeness (QED) is 0.0292. The van der Waals surface area contributed by atoms with Crippen LogP contribution in [0.2, 0.25) is 0 Å². The van der Waals surface area contributed by atoms with E-state index in [9.17, 15) is 19.4 Å². The molecule has 0 saturated carbocycles. The molecule has 10 nitrogen and oxygen atoms in total. The van der Waals surface area contributed by atoms with E-state index in [2.05, 4.69) is 40.3 Å². The number of methoxy groups -OCH3 is 1. The minimum absolute atomic E-state index is 0.112. The Morgan fingerprint density at radius 1 is 0.696 bits per heavy atom. The van der Waals surface area contributed by atoms with Gasteiger partial charge in [0.05, 0.1) is 32.5 Å². The summed E-state index contributed by atoms with van der Waals surface area (Å²) in [5.41, 5.74) is 5.21. The fourth-order valence-electron chi connectivity index (χ4n) is 4.85. The molecule has 0 aliphatic carbocycles. The van der Waals surface area contributed by atoms with Crippen molar-refractivity contribution in [3.63, 3.8) is 0 Å². The number of hydrogen-bond donors (Lipinski definition) is 4. The Hall–Kier alpha value is -1.10. The van der Waals surface area contributed by atoms with Crippen LogP contribution in [0.25, 0.3) is 0 Å². The van der Waals surface area contributed by atoms with Crippen LogP contribution in [0.4, 0.5) is 0 Å². The fourth-order valence-corrected chi connectivity index (χ4v) is 5.63. The summed E-state index contributed by atoms with van der Waals surface area (Å²) in [6.07, 6.45) is 34.7. The third-order valence-corrected chi connectivity index (χ3v) is 8.76. The summed E-state index contributed by atoms with van der Waals surface area (Å²) in [6, 6.07) is -1.46. The molecule has 0 bridgehead atoms. The Balaban J connectivity index is 3.57. The molecule has 0 radical (unpaired) electrons. The molecule has 0 aromatic heterocycles. The molecule has 5 N–H and O–H groups in total. The molecule has 0 rings (SSSR count). The van der Waals surface area contributed by atoms with E-state index in [1.807, 2.05) is 0 Å². The average Bonchev–Trinajstić information content (AvgIpc) is 3.03. The number of phosphoric acid groups is 1. The van der Waals surface area contributed by atoms with Crippen molar-refractivity contribution in [1.29, 1.82) is 0 Å². The molecule has 0 spiro atoms. The molecule has 0 aliphatic heterocycles. The molecule has 0 fully saturated rings. The van der Waals surface area contributed by atoms with Crippen molar-refractivity contribution in [1.82, 2.24) is 0 Å². The number of nitrogens with two attached hydrogens (primary N) is 1. The molecular formula is C35H68NO9P. The number of allylic oxidation sites excluding steroid dienone is 4. The highest BCUT2D eigenvalue weighted by molar-refractivity contribution is 7.47. The van der Waals surface area contributed by atoms with Crippen LogP contribution in [0.3, 0.4) is 0 Å². The number of rotatable bonds is 35. The molecule has 4 atom stereocenters. The van der Waals surface area contributed by atoms with Gasteiger partial charge in [-0.15, -0.1) is 0 Å². The summed E-state index contributed by atoms with van der Waals surface area (Å²) in [7, 11) is -2.92. The Morgan fingerprint density at radius 2 is 1.13 bits per heavy atom. The van der Waals surface area contributed by atoms with Crippen molar-refractivity contribution in [3.8, 4) is 0 Å². The van der Waals surface area contributed by atoms with Gasteiger partial charge >= 0.3 is 13.8 Å². The summed E-state index contributed by atoms with van der Waals surface area (Å²) in [4.78, 5) is 20.2. The first-order valence-corrected chi connectivity index (χ1v) is 19.4. The zero-order chi connectivity index (χ0) is 34.1. The summed E-state index contributed by atoms with van der Waals surface area (Å²) in [6.45, 7) is 1.22. The van der Waals surface area contributed by atoms with Crippen LogP contribution in [-0.2, 0) is 27.9 Å². The highest BCUT2D eigenvalue weighted by Gasteiger charge is 2.25. The van der Waals surface area contributed by atoms with Gasteiger partial charge in [-0.25, -0.2) is 4.57 Å². The van der Waals surface area contributed by atoms with Gasteiger partial charge in [-0.1, -0.05) is 108 Å². The first kappa shape index (κ1) is 44.9. The van der Waals surface area contributed by atoms with Gasteiger partial charge in [0.15, 0.2) is 0 Å². The predicted octanol–water partition coefficient (Wildman–Crippen LogP) is 8.25. The van der Waals surface area contributed by atoms with Gasteiger partial charge in [0.1, 0.15) is 12.1 Å². The topological polar surface area (TPSA) is 158 Å². The molecule has 0 aliphatic rings. The second-order valence-corrected chi connectivity index (χ2v) is 13.7. The van der Waals surface area contributed by atoms with E-state index in [-0.39, 0.29) is 19.3 Å². The maximum atomic E-state index is 11.7. The lowest BCUT2D eigenvalue weighted by Gasteiger charge is -2.18. The molecule has 272 valence electrons. The third-order valence-electron chi connectivity index (χ3n) is 7.81. The smallest absolute Gasteiger partial charge is 0.472 e. The van der Waals surface area contributed by atoms with Crippen molar-refractivity contribution in [2.45, 2.75) is 160 Å². The number of carboxylic acid groups (broad SMARTS) is 1. The van der Waals surface area contributed by atoms with E-state index in [1.54, 1.807) is 7.11 Å². The standard InChI is InChI=1S/C35H68NO9P/c1-3-4-5-6-7-8-9-10-11-12-13-14-15-16-17-18-19-20-21-22-23-24-25-26-27-33(42-2)30-43-28-32(37)29-44-46(40,41)45-31-34(36)35(38)39/h8-9,22-23,32-34,37H,3-7,10-21,24-31,36H2,1-2H3,(H,38,39)(H,40,41)/b9-8-,23-22-/t32-,33?,34+/m1/s1. The van der Waals surface area contributed by atoms with Crippen molar-refractivity contribution in [2.75, 3.05) is 33.5 Å². The van der Waals surface area contributed by atoms with Crippen LogP contribution in [0, 0.1) is 0 Å². The third kappa shape index (κ3) is 31.5. The number of aliphatic carboxylic acids is 1. The number of aliphatic hydroxyl groups is 1. The van der Waals surface area contributed by atoms with Gasteiger partial charge in [0.25, 0.3) is 0 Å².